The van der Waals surface area contributed by atoms with E-state index in [-0.39, 0.29) is 22.3 Å². The monoisotopic (exact) mass is 524 g/mol. The zero-order valence-electron chi connectivity index (χ0n) is 20.5. The quantitative estimate of drug-likeness (QED) is 0.200. The molecule has 0 saturated carbocycles. The number of hydrogen-bond donors (Lipinski definition) is 0. The van der Waals surface area contributed by atoms with Crippen molar-refractivity contribution in [3.05, 3.63) is 87.7 Å². The molecule has 1 aliphatic carbocycles. The van der Waals surface area contributed by atoms with Gasteiger partial charge in [0.2, 0.25) is 0 Å². The second kappa shape index (κ2) is 10.8. The predicted octanol–water partition coefficient (Wildman–Crippen LogP) is 9.62. The van der Waals surface area contributed by atoms with Crippen molar-refractivity contribution in [3.63, 3.8) is 0 Å². The summed E-state index contributed by atoms with van der Waals surface area (Å²) in [6, 6.07) is 7.58. The van der Waals surface area contributed by atoms with Gasteiger partial charge < -0.3 is 4.74 Å². The van der Waals surface area contributed by atoms with Gasteiger partial charge in [0.25, 0.3) is 0 Å². The van der Waals surface area contributed by atoms with E-state index in [1.807, 2.05) is 13.8 Å². The Kier molecular flexibility index (Phi) is 7.85. The third-order valence-electron chi connectivity index (χ3n) is 6.70. The Morgan fingerprint density at radius 1 is 0.730 bits per heavy atom. The van der Waals surface area contributed by atoms with Gasteiger partial charge in [-0.3, -0.25) is 0 Å². The molecule has 3 aromatic rings. The standard InChI is InChI=1S/C29H27F7O/c1-3-5-6-8-16-9-11-18(15-21(16)30)29(35,36)37-22-14-13-20-19-12-10-17(7-4-2)25(31)23(19)27(33)28(34)24(20)26(22)32/h9-15,27-28H,3-8H2,1-2H3. The number of benzene rings is 3. The molecule has 0 bridgehead atoms. The van der Waals surface area contributed by atoms with Gasteiger partial charge in [0.05, 0.1) is 5.56 Å². The highest BCUT2D eigenvalue weighted by molar-refractivity contribution is 5.76. The summed E-state index contributed by atoms with van der Waals surface area (Å²) in [6.45, 7) is 3.79. The van der Waals surface area contributed by atoms with E-state index in [4.69, 9.17) is 0 Å². The molecule has 0 heterocycles. The normalized spacial score (nSPS) is 16.9. The number of halogens is 7. The molecule has 0 radical (unpaired) electrons. The van der Waals surface area contributed by atoms with Gasteiger partial charge in [0.1, 0.15) is 11.6 Å². The molecule has 8 heteroatoms. The number of rotatable bonds is 9. The maximum Gasteiger partial charge on any atom is 0.426 e. The topological polar surface area (TPSA) is 9.23 Å². The number of fused-ring (bicyclic) bond motifs is 3. The predicted molar refractivity (Wildman–Crippen MR) is 128 cm³/mol. The minimum atomic E-state index is -4.16. The first-order chi connectivity index (χ1) is 17.6. The molecule has 0 aliphatic heterocycles. The summed E-state index contributed by atoms with van der Waals surface area (Å²) in [5, 5.41) is 0. The van der Waals surface area contributed by atoms with Crippen LogP contribution in [0.15, 0.2) is 42.5 Å². The van der Waals surface area contributed by atoms with E-state index in [9.17, 15) is 17.6 Å². The molecule has 1 aliphatic rings. The molecule has 37 heavy (non-hydrogen) atoms. The highest BCUT2D eigenvalue weighted by Crippen LogP contribution is 2.52. The summed E-state index contributed by atoms with van der Waals surface area (Å²) in [4.78, 5) is 0. The van der Waals surface area contributed by atoms with E-state index in [1.165, 1.54) is 18.2 Å². The second-order valence-corrected chi connectivity index (χ2v) is 9.27. The molecule has 198 valence electrons. The first-order valence-corrected chi connectivity index (χ1v) is 12.4. The van der Waals surface area contributed by atoms with Gasteiger partial charge >= 0.3 is 6.11 Å². The molecule has 2 atom stereocenters. The maximum absolute atomic E-state index is 15.3. The van der Waals surface area contributed by atoms with E-state index >= 15 is 13.2 Å². The van der Waals surface area contributed by atoms with Crippen LogP contribution < -0.4 is 4.74 Å². The lowest BCUT2D eigenvalue weighted by Gasteiger charge is -2.29. The van der Waals surface area contributed by atoms with Crippen LogP contribution >= 0.6 is 0 Å². The molecule has 3 aromatic carbocycles. The van der Waals surface area contributed by atoms with E-state index in [0.29, 0.717) is 31.7 Å². The number of hydrogen-bond acceptors (Lipinski definition) is 1. The van der Waals surface area contributed by atoms with Crippen LogP contribution in [-0.4, -0.2) is 0 Å². The highest BCUT2D eigenvalue weighted by atomic mass is 19.3. The van der Waals surface area contributed by atoms with Crippen molar-refractivity contribution in [1.29, 1.82) is 0 Å². The summed E-state index contributed by atoms with van der Waals surface area (Å²) in [5.41, 5.74) is -1.90. The smallest absolute Gasteiger partial charge is 0.426 e. The molecule has 1 nitrogen and oxygen atoms in total. The number of aryl methyl sites for hydroxylation is 2. The molecule has 0 spiro atoms. The van der Waals surface area contributed by atoms with E-state index in [1.54, 1.807) is 0 Å². The molecule has 4 rings (SSSR count). The van der Waals surface area contributed by atoms with Crippen molar-refractivity contribution in [3.8, 4) is 16.9 Å². The summed E-state index contributed by atoms with van der Waals surface area (Å²) in [5.74, 6) is -4.29. The van der Waals surface area contributed by atoms with E-state index < -0.39 is 58.3 Å². The summed E-state index contributed by atoms with van der Waals surface area (Å²) in [6.07, 6.45) is -5.56. The molecule has 0 amide bonds. The Bertz CT molecular complexity index is 1290. The van der Waals surface area contributed by atoms with E-state index in [2.05, 4.69) is 4.74 Å². The lowest BCUT2D eigenvalue weighted by molar-refractivity contribution is -0.187. The van der Waals surface area contributed by atoms with Crippen LogP contribution in [0, 0.1) is 17.5 Å². The van der Waals surface area contributed by atoms with Crippen LogP contribution in [-0.2, 0) is 19.0 Å². The highest BCUT2D eigenvalue weighted by Gasteiger charge is 2.42. The number of ether oxygens (including phenoxy) is 1. The van der Waals surface area contributed by atoms with Crippen LogP contribution in [0.5, 0.6) is 5.75 Å². The third kappa shape index (κ3) is 5.07. The van der Waals surface area contributed by atoms with E-state index in [0.717, 1.165) is 31.0 Å². The van der Waals surface area contributed by atoms with Crippen LogP contribution in [0.1, 0.15) is 79.7 Å². The fourth-order valence-corrected chi connectivity index (χ4v) is 4.75. The van der Waals surface area contributed by atoms with Crippen molar-refractivity contribution < 1.29 is 35.5 Å². The van der Waals surface area contributed by atoms with Gasteiger partial charge in [-0.25, -0.2) is 22.0 Å². The van der Waals surface area contributed by atoms with Crippen molar-refractivity contribution in [2.45, 2.75) is 70.8 Å². The molecule has 0 fully saturated rings. The summed E-state index contributed by atoms with van der Waals surface area (Å²) >= 11 is 0. The van der Waals surface area contributed by atoms with Crippen LogP contribution in [0.2, 0.25) is 0 Å². The SMILES string of the molecule is CCCCCc1ccc(C(F)(F)Oc2ccc3c(c2F)C(F)C(F)c2c-3ccc(CCC)c2F)cc1F. The van der Waals surface area contributed by atoms with Gasteiger partial charge in [0, 0.05) is 11.1 Å². The molecular weight excluding hydrogens is 497 g/mol. The number of alkyl halides is 4. The maximum atomic E-state index is 15.3. The molecule has 0 aromatic heterocycles. The average molecular weight is 525 g/mol. The molecule has 0 saturated heterocycles. The largest absolute Gasteiger partial charge is 0.426 e. The fraction of sp³-hybridized carbons (Fsp3) is 0.379. The van der Waals surface area contributed by atoms with Gasteiger partial charge in [-0.1, -0.05) is 57.4 Å². The lowest BCUT2D eigenvalue weighted by Crippen LogP contribution is -2.24. The van der Waals surface area contributed by atoms with Crippen molar-refractivity contribution in [2.24, 2.45) is 0 Å². The summed E-state index contributed by atoms with van der Waals surface area (Å²) < 4.78 is 109. The first kappa shape index (κ1) is 27.0. The average Bonchev–Trinajstić information content (AvgIpc) is 2.86. The zero-order valence-corrected chi connectivity index (χ0v) is 20.5. The van der Waals surface area contributed by atoms with Gasteiger partial charge in [-0.2, -0.15) is 8.78 Å². The van der Waals surface area contributed by atoms with Gasteiger partial charge in [-0.15, -0.1) is 0 Å². The zero-order chi connectivity index (χ0) is 26.9. The molecule has 2 unspecified atom stereocenters. The Hall–Kier alpha value is -3.03. The van der Waals surface area contributed by atoms with Crippen LogP contribution in [0.4, 0.5) is 30.7 Å². The van der Waals surface area contributed by atoms with Crippen molar-refractivity contribution in [2.75, 3.05) is 0 Å². The molecular formula is C29H27F7O. The Labute approximate surface area is 211 Å². The van der Waals surface area contributed by atoms with Gasteiger partial charge in [-0.05, 0) is 59.7 Å². The minimum Gasteiger partial charge on any atom is -0.426 e. The first-order valence-electron chi connectivity index (χ1n) is 12.4. The van der Waals surface area contributed by atoms with Crippen LogP contribution in [0.3, 0.4) is 0 Å². The van der Waals surface area contributed by atoms with Crippen molar-refractivity contribution >= 4 is 0 Å². The third-order valence-corrected chi connectivity index (χ3v) is 6.70. The fourth-order valence-electron chi connectivity index (χ4n) is 4.75. The number of unbranched alkanes of at least 4 members (excludes halogenated alkanes) is 2. The van der Waals surface area contributed by atoms with Gasteiger partial charge in [0.15, 0.2) is 23.9 Å². The van der Waals surface area contributed by atoms with Crippen molar-refractivity contribution in [1.82, 2.24) is 0 Å². The Morgan fingerprint density at radius 3 is 1.97 bits per heavy atom. The Morgan fingerprint density at radius 2 is 1.35 bits per heavy atom. The van der Waals surface area contributed by atoms with Crippen LogP contribution in [0.25, 0.3) is 11.1 Å². The summed E-state index contributed by atoms with van der Waals surface area (Å²) in [7, 11) is 0. The lowest BCUT2D eigenvalue weighted by atomic mass is 9.81. The second-order valence-electron chi connectivity index (χ2n) is 9.27. The Balaban J connectivity index is 1.67. The minimum absolute atomic E-state index is 0.0494. The molecule has 0 N–H and O–H groups in total.